The highest BCUT2D eigenvalue weighted by Gasteiger charge is 2.38. The lowest BCUT2D eigenvalue weighted by atomic mass is 9.91. The van der Waals surface area contributed by atoms with E-state index in [2.05, 4.69) is 47.9 Å². The first-order valence-corrected chi connectivity index (χ1v) is 11.2. The van der Waals surface area contributed by atoms with Crippen LogP contribution >= 0.6 is 0 Å². The standard InChI is InChI=1S/C26H29N3O2/c1-18-9-10-22(21-7-4-3-6-20(18)21)25(30)24-19(2)29(26-23(24)8-5-11-27-26)13-12-28-14-16-31-17-15-28/h3-4,6-11,26H,5,12-17H2,1-2H3. The van der Waals surface area contributed by atoms with E-state index in [-0.39, 0.29) is 11.9 Å². The molecule has 0 aliphatic carbocycles. The molecule has 5 rings (SSSR count). The number of Topliss-reactive ketones (excluding diaryl/α,β-unsaturated/α-hetero) is 1. The fourth-order valence-corrected chi connectivity index (χ4v) is 4.98. The highest BCUT2D eigenvalue weighted by atomic mass is 16.5. The zero-order valence-electron chi connectivity index (χ0n) is 18.3. The Morgan fingerprint density at radius 3 is 2.65 bits per heavy atom. The summed E-state index contributed by atoms with van der Waals surface area (Å²) in [5.41, 5.74) is 4.91. The summed E-state index contributed by atoms with van der Waals surface area (Å²) in [4.78, 5) is 23.4. The van der Waals surface area contributed by atoms with E-state index in [1.165, 1.54) is 5.56 Å². The first-order chi connectivity index (χ1) is 15.1. The molecule has 31 heavy (non-hydrogen) atoms. The number of hydrogen-bond donors (Lipinski definition) is 0. The number of ketones is 1. The summed E-state index contributed by atoms with van der Waals surface area (Å²) in [5.74, 6) is 0.107. The van der Waals surface area contributed by atoms with Crippen molar-refractivity contribution in [3.05, 3.63) is 70.4 Å². The number of ether oxygens (including phenoxy) is 1. The van der Waals surface area contributed by atoms with Crippen molar-refractivity contribution in [1.29, 1.82) is 0 Å². The highest BCUT2D eigenvalue weighted by Crippen LogP contribution is 2.38. The molecule has 5 nitrogen and oxygen atoms in total. The Morgan fingerprint density at radius 1 is 1.06 bits per heavy atom. The molecule has 2 aromatic carbocycles. The van der Waals surface area contributed by atoms with Gasteiger partial charge in [0.1, 0.15) is 6.17 Å². The van der Waals surface area contributed by atoms with Crippen LogP contribution in [-0.4, -0.2) is 67.4 Å². The van der Waals surface area contributed by atoms with Crippen molar-refractivity contribution in [1.82, 2.24) is 9.80 Å². The van der Waals surface area contributed by atoms with E-state index in [1.54, 1.807) is 0 Å². The monoisotopic (exact) mass is 415 g/mol. The summed E-state index contributed by atoms with van der Waals surface area (Å²) in [7, 11) is 0. The number of allylic oxidation sites excluding steroid dienone is 2. The lowest BCUT2D eigenvalue weighted by molar-refractivity contribution is 0.0342. The number of aryl methyl sites for hydroxylation is 1. The average Bonchev–Trinajstić information content (AvgIpc) is 3.09. The van der Waals surface area contributed by atoms with E-state index in [9.17, 15) is 4.79 Å². The van der Waals surface area contributed by atoms with E-state index in [4.69, 9.17) is 9.73 Å². The maximum Gasteiger partial charge on any atom is 0.195 e. The first-order valence-electron chi connectivity index (χ1n) is 11.2. The molecule has 1 fully saturated rings. The van der Waals surface area contributed by atoms with E-state index >= 15 is 0 Å². The van der Waals surface area contributed by atoms with E-state index < -0.39 is 0 Å². The van der Waals surface area contributed by atoms with Gasteiger partial charge in [-0.2, -0.15) is 0 Å². The van der Waals surface area contributed by atoms with Gasteiger partial charge in [0.25, 0.3) is 0 Å². The Bertz CT molecular complexity index is 1110. The smallest absolute Gasteiger partial charge is 0.195 e. The highest BCUT2D eigenvalue weighted by molar-refractivity contribution is 6.19. The summed E-state index contributed by atoms with van der Waals surface area (Å²) in [5, 5.41) is 2.16. The van der Waals surface area contributed by atoms with Gasteiger partial charge in [-0.1, -0.05) is 42.5 Å². The fourth-order valence-electron chi connectivity index (χ4n) is 4.98. The quantitative estimate of drug-likeness (QED) is 0.693. The van der Waals surface area contributed by atoms with Crippen LogP contribution in [-0.2, 0) is 4.74 Å². The Kier molecular flexibility index (Phi) is 5.47. The number of dihydropyridines is 1. The zero-order chi connectivity index (χ0) is 21.4. The molecule has 5 heteroatoms. The van der Waals surface area contributed by atoms with Gasteiger partial charge in [0.05, 0.1) is 13.2 Å². The summed E-state index contributed by atoms with van der Waals surface area (Å²) in [6, 6.07) is 12.2. The number of rotatable bonds is 5. The molecule has 1 saturated heterocycles. The molecule has 160 valence electrons. The second kappa shape index (κ2) is 8.40. The minimum absolute atomic E-state index is 0.0783. The van der Waals surface area contributed by atoms with Gasteiger partial charge in [0.15, 0.2) is 5.78 Å². The van der Waals surface area contributed by atoms with Crippen LogP contribution in [0.1, 0.15) is 29.3 Å². The molecule has 3 aliphatic rings. The Labute approximate surface area is 183 Å². The number of fused-ring (bicyclic) bond motifs is 2. The first kappa shape index (κ1) is 20.2. The molecule has 0 aromatic heterocycles. The molecule has 0 spiro atoms. The Hall–Kier alpha value is -2.76. The number of hydrogen-bond acceptors (Lipinski definition) is 5. The Morgan fingerprint density at radius 2 is 1.84 bits per heavy atom. The number of benzene rings is 2. The predicted octanol–water partition coefficient (Wildman–Crippen LogP) is 3.98. The largest absolute Gasteiger partial charge is 0.379 e. The lowest BCUT2D eigenvalue weighted by Crippen LogP contribution is -2.42. The third kappa shape index (κ3) is 3.62. The van der Waals surface area contributed by atoms with Crippen molar-refractivity contribution in [2.75, 3.05) is 39.4 Å². The summed E-state index contributed by atoms with van der Waals surface area (Å²) >= 11 is 0. The molecule has 2 aromatic rings. The minimum Gasteiger partial charge on any atom is -0.379 e. The second-order valence-corrected chi connectivity index (χ2v) is 8.51. The molecule has 1 unspecified atom stereocenters. The van der Waals surface area contributed by atoms with Gasteiger partial charge in [-0.25, -0.2) is 0 Å². The SMILES string of the molecule is CC1=C(C(=O)c2ccc(C)c3ccccc23)C2=CCC=NC2N1CCN1CCOCC1. The number of carbonyl (C=O) groups is 1. The van der Waals surface area contributed by atoms with Crippen LogP contribution in [0.3, 0.4) is 0 Å². The van der Waals surface area contributed by atoms with Crippen molar-refractivity contribution in [3.8, 4) is 0 Å². The normalized spacial score (nSPS) is 21.5. The van der Waals surface area contributed by atoms with Crippen molar-refractivity contribution >= 4 is 22.8 Å². The van der Waals surface area contributed by atoms with Crippen molar-refractivity contribution < 1.29 is 9.53 Å². The lowest BCUT2D eigenvalue weighted by Gasteiger charge is -2.32. The van der Waals surface area contributed by atoms with Gasteiger partial charge >= 0.3 is 0 Å². The van der Waals surface area contributed by atoms with Crippen LogP contribution < -0.4 is 0 Å². The van der Waals surface area contributed by atoms with Crippen molar-refractivity contribution in [2.45, 2.75) is 26.4 Å². The zero-order valence-corrected chi connectivity index (χ0v) is 18.3. The van der Waals surface area contributed by atoms with Crippen LogP contribution in [0.5, 0.6) is 0 Å². The van der Waals surface area contributed by atoms with Crippen LogP contribution in [0.2, 0.25) is 0 Å². The van der Waals surface area contributed by atoms with Gasteiger partial charge in [0, 0.05) is 61.2 Å². The second-order valence-electron chi connectivity index (χ2n) is 8.51. The van der Waals surface area contributed by atoms with Crippen molar-refractivity contribution in [3.63, 3.8) is 0 Å². The molecule has 0 N–H and O–H groups in total. The predicted molar refractivity (Wildman–Crippen MR) is 125 cm³/mol. The summed E-state index contributed by atoms with van der Waals surface area (Å²) < 4.78 is 5.48. The number of nitrogens with zero attached hydrogens (tertiary/aromatic N) is 3. The maximum absolute atomic E-state index is 13.9. The van der Waals surface area contributed by atoms with Gasteiger partial charge in [0.2, 0.25) is 0 Å². The van der Waals surface area contributed by atoms with Gasteiger partial charge in [-0.3, -0.25) is 14.7 Å². The third-order valence-electron chi connectivity index (χ3n) is 6.72. The molecule has 3 aliphatic heterocycles. The van der Waals surface area contributed by atoms with E-state index in [0.717, 1.165) is 79.0 Å². The number of morpholine rings is 1. The molecular weight excluding hydrogens is 386 g/mol. The van der Waals surface area contributed by atoms with Crippen LogP contribution in [0.4, 0.5) is 0 Å². The number of aliphatic imine (C=N–C) groups is 1. The summed E-state index contributed by atoms with van der Waals surface area (Å²) in [6.45, 7) is 9.52. The molecule has 3 heterocycles. The molecule has 0 radical (unpaired) electrons. The van der Waals surface area contributed by atoms with Crippen molar-refractivity contribution in [2.24, 2.45) is 4.99 Å². The van der Waals surface area contributed by atoms with Crippen LogP contribution in [0.15, 0.2) is 64.3 Å². The fraction of sp³-hybridized carbons (Fsp3) is 0.385. The van der Waals surface area contributed by atoms with Crippen LogP contribution in [0.25, 0.3) is 10.8 Å². The Balaban J connectivity index is 1.49. The van der Waals surface area contributed by atoms with E-state index in [1.807, 2.05) is 24.4 Å². The van der Waals surface area contributed by atoms with Gasteiger partial charge in [-0.15, -0.1) is 0 Å². The number of carbonyl (C=O) groups excluding carboxylic acids is 1. The van der Waals surface area contributed by atoms with Gasteiger partial charge < -0.3 is 9.64 Å². The third-order valence-corrected chi connectivity index (χ3v) is 6.72. The molecule has 0 saturated carbocycles. The maximum atomic E-state index is 13.9. The molecule has 0 amide bonds. The molecular formula is C26H29N3O2. The molecule has 0 bridgehead atoms. The van der Waals surface area contributed by atoms with Crippen LogP contribution in [0, 0.1) is 6.92 Å². The van der Waals surface area contributed by atoms with Gasteiger partial charge in [-0.05, 0) is 30.2 Å². The topological polar surface area (TPSA) is 45.1 Å². The average molecular weight is 416 g/mol. The van der Waals surface area contributed by atoms with E-state index in [0.29, 0.717) is 0 Å². The molecule has 1 atom stereocenters. The summed E-state index contributed by atoms with van der Waals surface area (Å²) in [6.07, 6.45) is 4.85. The minimum atomic E-state index is -0.0783.